The fourth-order valence-electron chi connectivity index (χ4n) is 4.97. The molecule has 2 heterocycles. The number of carbonyl (C=O) groups excluding carboxylic acids is 3. The third-order valence-electron chi connectivity index (χ3n) is 6.76. The summed E-state index contributed by atoms with van der Waals surface area (Å²) in [7, 11) is 2.93. The predicted molar refractivity (Wildman–Crippen MR) is 136 cm³/mol. The van der Waals surface area contributed by atoms with Gasteiger partial charge in [-0.3, -0.25) is 14.4 Å². The van der Waals surface area contributed by atoms with E-state index in [-0.39, 0.29) is 31.0 Å². The number of nitrogens with zero attached hydrogens (tertiary/aromatic N) is 3. The molecule has 38 heavy (non-hydrogen) atoms. The van der Waals surface area contributed by atoms with Crippen molar-refractivity contribution in [1.82, 2.24) is 9.80 Å². The van der Waals surface area contributed by atoms with Gasteiger partial charge in [-0.2, -0.15) is 5.26 Å². The molecule has 2 aromatic carbocycles. The molecule has 10 nitrogen and oxygen atoms in total. The molecule has 10 heteroatoms. The van der Waals surface area contributed by atoms with E-state index in [1.54, 1.807) is 12.1 Å². The Labute approximate surface area is 221 Å². The first kappa shape index (κ1) is 26.8. The number of methoxy groups -OCH3 is 2. The van der Waals surface area contributed by atoms with Crippen LogP contribution in [0.4, 0.5) is 0 Å². The van der Waals surface area contributed by atoms with Crippen LogP contribution in [0, 0.1) is 11.3 Å². The number of amides is 2. The van der Waals surface area contributed by atoms with Crippen LogP contribution >= 0.6 is 0 Å². The van der Waals surface area contributed by atoms with E-state index < -0.39 is 30.1 Å². The second kappa shape index (κ2) is 11.9. The predicted octanol–water partition coefficient (Wildman–Crippen LogP) is 2.94. The quantitative estimate of drug-likeness (QED) is 0.487. The second-order valence-electron chi connectivity index (χ2n) is 9.24. The molecule has 2 saturated heterocycles. The van der Waals surface area contributed by atoms with Gasteiger partial charge in [-0.25, -0.2) is 0 Å². The van der Waals surface area contributed by atoms with Crippen molar-refractivity contribution < 1.29 is 33.3 Å². The lowest BCUT2D eigenvalue weighted by Gasteiger charge is -2.29. The van der Waals surface area contributed by atoms with Gasteiger partial charge in [0, 0.05) is 25.5 Å². The zero-order chi connectivity index (χ0) is 27.2. The van der Waals surface area contributed by atoms with Gasteiger partial charge in [0.1, 0.15) is 24.8 Å². The first-order valence-corrected chi connectivity index (χ1v) is 12.5. The number of carbonyl (C=O) groups is 3. The third-order valence-corrected chi connectivity index (χ3v) is 6.76. The highest BCUT2D eigenvalue weighted by Crippen LogP contribution is 2.40. The van der Waals surface area contributed by atoms with Gasteiger partial charge in [0.15, 0.2) is 11.5 Å². The van der Waals surface area contributed by atoms with Crippen LogP contribution in [0.5, 0.6) is 17.2 Å². The maximum absolute atomic E-state index is 13.8. The lowest BCUT2D eigenvalue weighted by molar-refractivity contribution is -0.146. The molecular weight excluding hydrogens is 490 g/mol. The molecular formula is C28H31N3O7. The summed E-state index contributed by atoms with van der Waals surface area (Å²) in [6, 6.07) is 13.4. The van der Waals surface area contributed by atoms with Gasteiger partial charge in [-0.1, -0.05) is 30.3 Å². The summed E-state index contributed by atoms with van der Waals surface area (Å²) >= 11 is 0. The molecule has 2 amide bonds. The third kappa shape index (κ3) is 5.67. The summed E-state index contributed by atoms with van der Waals surface area (Å²) in [5.41, 5.74) is 1.18. The smallest absolute Gasteiger partial charge is 0.302 e. The molecule has 0 spiro atoms. The number of hydrogen-bond acceptors (Lipinski definition) is 8. The number of hydrogen-bond donors (Lipinski definition) is 0. The summed E-state index contributed by atoms with van der Waals surface area (Å²) in [6.45, 7) is 2.06. The average Bonchev–Trinajstić information content (AvgIpc) is 3.58. The molecule has 200 valence electrons. The molecule has 2 aliphatic rings. The standard InChI is InChI=1S/C28H31N3O7/c1-18(32)38-22-14-23(28(34)30-11-7-10-21(30)15-29)31(16-22)27(33)20-12-24(35-2)26(25(13-20)36-3)37-17-19-8-5-4-6-9-19/h4-6,8-9,12-13,21-23H,7,10-11,14,16-17H2,1-3H3/t21-,22+,23-/m0/s1. The molecule has 2 aromatic rings. The van der Waals surface area contributed by atoms with Gasteiger partial charge in [0.25, 0.3) is 5.91 Å². The van der Waals surface area contributed by atoms with Gasteiger partial charge in [-0.05, 0) is 30.5 Å². The van der Waals surface area contributed by atoms with Gasteiger partial charge >= 0.3 is 5.97 Å². The van der Waals surface area contributed by atoms with E-state index in [1.807, 2.05) is 30.3 Å². The van der Waals surface area contributed by atoms with Gasteiger partial charge in [0.2, 0.25) is 11.7 Å². The van der Waals surface area contributed by atoms with E-state index in [0.717, 1.165) is 12.0 Å². The minimum Gasteiger partial charge on any atom is -0.493 e. The Kier molecular flexibility index (Phi) is 8.36. The first-order chi connectivity index (χ1) is 18.4. The number of benzene rings is 2. The topological polar surface area (TPSA) is 118 Å². The molecule has 0 unspecified atom stereocenters. The van der Waals surface area contributed by atoms with E-state index in [0.29, 0.717) is 30.2 Å². The number of ether oxygens (including phenoxy) is 4. The normalized spacial score (nSPS) is 20.5. The molecule has 0 aliphatic carbocycles. The van der Waals surface area contributed by atoms with Crippen molar-refractivity contribution in [3.8, 4) is 23.3 Å². The highest BCUT2D eigenvalue weighted by atomic mass is 16.5. The largest absolute Gasteiger partial charge is 0.493 e. The summed E-state index contributed by atoms with van der Waals surface area (Å²) in [5.74, 6) is -0.320. The monoisotopic (exact) mass is 521 g/mol. The van der Waals surface area contributed by atoms with Gasteiger partial charge in [-0.15, -0.1) is 0 Å². The molecule has 0 saturated carbocycles. The maximum atomic E-state index is 13.8. The molecule has 4 rings (SSSR count). The van der Waals surface area contributed by atoms with Crippen LogP contribution in [0.2, 0.25) is 0 Å². The van der Waals surface area contributed by atoms with Gasteiger partial charge < -0.3 is 28.7 Å². The lowest BCUT2D eigenvalue weighted by atomic mass is 10.1. The Bertz CT molecular complexity index is 1200. The second-order valence-corrected chi connectivity index (χ2v) is 9.24. The number of esters is 1. The van der Waals surface area contributed by atoms with Crippen molar-refractivity contribution in [2.45, 2.75) is 51.0 Å². The highest BCUT2D eigenvalue weighted by molar-refractivity contribution is 5.99. The highest BCUT2D eigenvalue weighted by Gasteiger charge is 2.45. The summed E-state index contributed by atoms with van der Waals surface area (Å²) in [4.78, 5) is 41.8. The van der Waals surface area contributed by atoms with E-state index in [1.165, 1.54) is 30.9 Å². The van der Waals surface area contributed by atoms with Crippen LogP contribution in [0.1, 0.15) is 42.1 Å². The van der Waals surface area contributed by atoms with Crippen LogP contribution in [0.3, 0.4) is 0 Å². The summed E-state index contributed by atoms with van der Waals surface area (Å²) in [6.07, 6.45) is 0.836. The van der Waals surface area contributed by atoms with Crippen LogP contribution in [-0.2, 0) is 20.9 Å². The van der Waals surface area contributed by atoms with Gasteiger partial charge in [0.05, 0.1) is 26.8 Å². The fourth-order valence-corrected chi connectivity index (χ4v) is 4.97. The first-order valence-electron chi connectivity index (χ1n) is 12.5. The fraction of sp³-hybridized carbons (Fsp3) is 0.429. The van der Waals surface area contributed by atoms with Crippen molar-refractivity contribution >= 4 is 17.8 Å². The number of likely N-dealkylation sites (tertiary alicyclic amines) is 2. The molecule has 0 N–H and O–H groups in total. The average molecular weight is 522 g/mol. The SMILES string of the molecule is COc1cc(C(=O)N2C[C@H](OC(C)=O)C[C@H]2C(=O)N2CCC[C@H]2C#N)cc(OC)c1OCc1ccccc1. The minimum atomic E-state index is -0.869. The summed E-state index contributed by atoms with van der Waals surface area (Å²) in [5, 5.41) is 9.48. The Morgan fingerprint density at radius 1 is 1.05 bits per heavy atom. The number of rotatable bonds is 8. The van der Waals surface area contributed by atoms with Crippen LogP contribution < -0.4 is 14.2 Å². The van der Waals surface area contributed by atoms with Crippen LogP contribution in [0.15, 0.2) is 42.5 Å². The zero-order valence-corrected chi connectivity index (χ0v) is 21.7. The van der Waals surface area contributed by atoms with Crippen molar-refractivity contribution in [3.05, 3.63) is 53.6 Å². The van der Waals surface area contributed by atoms with E-state index in [4.69, 9.17) is 18.9 Å². The lowest BCUT2D eigenvalue weighted by Crippen LogP contribution is -2.49. The van der Waals surface area contributed by atoms with E-state index >= 15 is 0 Å². The molecule has 0 radical (unpaired) electrons. The minimum absolute atomic E-state index is 0.0524. The van der Waals surface area contributed by atoms with Crippen molar-refractivity contribution in [2.75, 3.05) is 27.3 Å². The molecule has 0 aromatic heterocycles. The molecule has 3 atom stereocenters. The van der Waals surface area contributed by atoms with E-state index in [2.05, 4.69) is 6.07 Å². The molecule has 2 fully saturated rings. The molecule has 0 bridgehead atoms. The number of nitriles is 1. The Balaban J connectivity index is 1.62. The van der Waals surface area contributed by atoms with Crippen molar-refractivity contribution in [3.63, 3.8) is 0 Å². The van der Waals surface area contributed by atoms with Crippen molar-refractivity contribution in [2.24, 2.45) is 0 Å². The van der Waals surface area contributed by atoms with E-state index in [9.17, 15) is 19.6 Å². The Morgan fingerprint density at radius 2 is 1.74 bits per heavy atom. The summed E-state index contributed by atoms with van der Waals surface area (Å²) < 4.78 is 22.4. The molecule has 2 aliphatic heterocycles. The van der Waals surface area contributed by atoms with Crippen molar-refractivity contribution in [1.29, 1.82) is 5.26 Å². The Hall–Kier alpha value is -4.26. The maximum Gasteiger partial charge on any atom is 0.302 e. The Morgan fingerprint density at radius 3 is 2.34 bits per heavy atom. The zero-order valence-electron chi connectivity index (χ0n) is 21.7. The van der Waals surface area contributed by atoms with Crippen LogP contribution in [-0.4, -0.2) is 73.1 Å². The van der Waals surface area contributed by atoms with Crippen LogP contribution in [0.25, 0.3) is 0 Å².